The number of carbonyl (C=O) groups is 3. The third-order valence-corrected chi connectivity index (χ3v) is 9.05. The Bertz CT molecular complexity index is 1890. The first-order valence-corrected chi connectivity index (χ1v) is 17.6. The van der Waals surface area contributed by atoms with Crippen LogP contribution in [0.4, 0.5) is 36.3 Å². The minimum absolute atomic E-state index is 0. The zero-order chi connectivity index (χ0) is 37.9. The maximum atomic E-state index is 13.2. The van der Waals surface area contributed by atoms with Gasteiger partial charge in [0.1, 0.15) is 18.2 Å². The van der Waals surface area contributed by atoms with Crippen molar-refractivity contribution in [3.05, 3.63) is 103 Å². The number of nitrogens with zero attached hydrogens (tertiary/aromatic N) is 5. The van der Waals surface area contributed by atoms with E-state index in [1.54, 1.807) is 11.0 Å². The lowest BCUT2D eigenvalue weighted by Gasteiger charge is -2.23. The van der Waals surface area contributed by atoms with Crippen LogP contribution in [0.15, 0.2) is 61.2 Å². The number of hydrogen-bond acceptors (Lipinski definition) is 7. The summed E-state index contributed by atoms with van der Waals surface area (Å²) in [6.45, 7) is 2.31. The molecule has 6 rings (SSSR count). The molecule has 0 atom stereocenters. The number of nitrogens with one attached hydrogen (secondary N) is 2. The lowest BCUT2D eigenvalue weighted by molar-refractivity contribution is -0.119. The molecule has 53 heavy (non-hydrogen) atoms. The summed E-state index contributed by atoms with van der Waals surface area (Å²) in [5, 5.41) is 6.98. The van der Waals surface area contributed by atoms with Crippen LogP contribution in [0.1, 0.15) is 20.3 Å². The predicted octanol–water partition coefficient (Wildman–Crippen LogP) is 8.86. The Morgan fingerprint density at radius 2 is 1.28 bits per heavy atom. The average molecular weight is 853 g/mol. The normalized spacial score (nSPS) is 14.5. The standard InChI is InChI=1S/C17H14Cl3FN4O2.C10H11Cl2N3O.C6H5ClFN.CH4/c18-11-6-10(2-3-14(11)21)23-17(27)24-4-1-5-25(15(26)9-24)16-12(19)7-22-8-13(16)20;11-7-4-14-5-8(12)10(7)15-3-1-2-13-6-9(15)16;7-5-2-1-4(9)3-6(5)8;/h2-3,6-8H,1,4-5,9H2,(H,23,27);4-5,13H,1-3,6H2;1-3H,9H2;1H4. The van der Waals surface area contributed by atoms with E-state index in [2.05, 4.69) is 20.6 Å². The number of pyridine rings is 2. The SMILES string of the molecule is C.Nc1ccc(Cl)c(F)c1.O=C(Nc1ccc(F)c(Cl)c1)N1CCCN(c2c(Cl)cncc2Cl)C(=O)C1.O=C1CNCCCN1c1c(Cl)cncc1Cl. The highest BCUT2D eigenvalue weighted by molar-refractivity contribution is 6.40. The number of rotatable bonds is 3. The number of amides is 4. The van der Waals surface area contributed by atoms with Crippen LogP contribution in [-0.2, 0) is 9.59 Å². The van der Waals surface area contributed by atoms with Gasteiger partial charge in [0, 0.05) is 55.8 Å². The summed E-state index contributed by atoms with van der Waals surface area (Å²) >= 11 is 35.4. The molecule has 0 aliphatic carbocycles. The summed E-state index contributed by atoms with van der Waals surface area (Å²) in [6, 6.07) is 7.51. The van der Waals surface area contributed by atoms with Crippen molar-refractivity contribution in [1.29, 1.82) is 0 Å². The van der Waals surface area contributed by atoms with E-state index < -0.39 is 17.7 Å². The summed E-state index contributed by atoms with van der Waals surface area (Å²) < 4.78 is 25.6. The average Bonchev–Trinajstić information content (AvgIpc) is 3.42. The number of benzene rings is 2. The van der Waals surface area contributed by atoms with Crippen molar-refractivity contribution in [1.82, 2.24) is 20.2 Å². The van der Waals surface area contributed by atoms with E-state index >= 15 is 0 Å². The maximum absolute atomic E-state index is 13.2. The van der Waals surface area contributed by atoms with E-state index in [0.29, 0.717) is 65.4 Å². The van der Waals surface area contributed by atoms with Gasteiger partial charge in [0.2, 0.25) is 11.8 Å². The highest BCUT2D eigenvalue weighted by Gasteiger charge is 2.29. The van der Waals surface area contributed by atoms with E-state index in [0.717, 1.165) is 19.0 Å². The molecule has 0 saturated carbocycles. The third-order valence-electron chi connectivity index (χ3n) is 7.35. The van der Waals surface area contributed by atoms with Crippen molar-refractivity contribution in [2.75, 3.05) is 60.1 Å². The number of aromatic nitrogens is 2. The zero-order valence-electron chi connectivity index (χ0n) is 27.0. The molecule has 4 aromatic rings. The minimum atomic E-state index is -0.582. The molecule has 0 unspecified atom stereocenters. The molecule has 2 fully saturated rings. The Labute approximate surface area is 335 Å². The van der Waals surface area contributed by atoms with Crippen molar-refractivity contribution < 1.29 is 23.2 Å². The van der Waals surface area contributed by atoms with Crippen LogP contribution in [0, 0.1) is 11.6 Å². The molecule has 19 heteroatoms. The molecule has 2 aromatic heterocycles. The monoisotopic (exact) mass is 850 g/mol. The second-order valence-corrected chi connectivity index (χ2v) is 13.5. The van der Waals surface area contributed by atoms with Crippen LogP contribution in [0.2, 0.25) is 30.1 Å². The fourth-order valence-electron chi connectivity index (χ4n) is 4.91. The number of halogens is 8. The number of hydrogen-bond donors (Lipinski definition) is 3. The van der Waals surface area contributed by atoms with Crippen LogP contribution in [0.5, 0.6) is 0 Å². The van der Waals surface area contributed by atoms with Crippen LogP contribution in [0.25, 0.3) is 0 Å². The molecule has 4 N–H and O–H groups in total. The second kappa shape index (κ2) is 20.7. The summed E-state index contributed by atoms with van der Waals surface area (Å²) in [5.74, 6) is -1.40. The highest BCUT2D eigenvalue weighted by atomic mass is 35.5. The third kappa shape index (κ3) is 12.2. The van der Waals surface area contributed by atoms with Gasteiger partial charge in [0.05, 0.1) is 48.1 Å². The lowest BCUT2D eigenvalue weighted by Crippen LogP contribution is -2.41. The van der Waals surface area contributed by atoms with E-state index in [4.69, 9.17) is 75.3 Å². The van der Waals surface area contributed by atoms with Gasteiger partial charge in [-0.2, -0.15) is 0 Å². The summed E-state index contributed by atoms with van der Waals surface area (Å²) in [5.41, 5.74) is 6.89. The topological polar surface area (TPSA) is 137 Å². The van der Waals surface area contributed by atoms with E-state index in [1.807, 2.05) is 0 Å². The summed E-state index contributed by atoms with van der Waals surface area (Å²) in [7, 11) is 0. The molecule has 2 aromatic carbocycles. The summed E-state index contributed by atoms with van der Waals surface area (Å²) in [4.78, 5) is 49.2. The van der Waals surface area contributed by atoms with E-state index in [1.165, 1.54) is 58.9 Å². The minimum Gasteiger partial charge on any atom is -0.399 e. The van der Waals surface area contributed by atoms with Crippen LogP contribution < -0.4 is 26.2 Å². The van der Waals surface area contributed by atoms with Crippen molar-refractivity contribution >= 4 is 110 Å². The van der Waals surface area contributed by atoms with Crippen LogP contribution in [-0.4, -0.2) is 72.0 Å². The number of anilines is 4. The zero-order valence-corrected chi connectivity index (χ0v) is 31.5. The van der Waals surface area contributed by atoms with Gasteiger partial charge >= 0.3 is 6.03 Å². The largest absolute Gasteiger partial charge is 0.399 e. The van der Waals surface area contributed by atoms with E-state index in [-0.39, 0.29) is 45.9 Å². The molecule has 2 aliphatic heterocycles. The van der Waals surface area contributed by atoms with Gasteiger partial charge in [-0.3, -0.25) is 19.6 Å². The molecular weight excluding hydrogens is 819 g/mol. The number of carbonyl (C=O) groups excluding carboxylic acids is 3. The molecule has 4 heterocycles. The van der Waals surface area contributed by atoms with Crippen molar-refractivity contribution in [3.8, 4) is 0 Å². The fourth-order valence-corrected chi connectivity index (χ4v) is 6.35. The second-order valence-electron chi connectivity index (χ2n) is 11.0. The Kier molecular flexibility index (Phi) is 17.1. The Morgan fingerprint density at radius 3 is 1.83 bits per heavy atom. The fraction of sp³-hybridized carbons (Fsp3) is 0.265. The smallest absolute Gasteiger partial charge is 0.322 e. The molecule has 0 spiro atoms. The van der Waals surface area contributed by atoms with Gasteiger partial charge in [0.25, 0.3) is 0 Å². The van der Waals surface area contributed by atoms with Crippen molar-refractivity contribution in [2.45, 2.75) is 20.3 Å². The van der Waals surface area contributed by atoms with Gasteiger partial charge in [0.15, 0.2) is 0 Å². The van der Waals surface area contributed by atoms with Crippen molar-refractivity contribution in [3.63, 3.8) is 0 Å². The first-order chi connectivity index (χ1) is 24.8. The number of urea groups is 1. The van der Waals surface area contributed by atoms with Gasteiger partial charge in [-0.15, -0.1) is 0 Å². The quantitative estimate of drug-likeness (QED) is 0.175. The molecule has 2 saturated heterocycles. The first kappa shape index (κ1) is 43.7. The molecule has 0 radical (unpaired) electrons. The predicted molar refractivity (Wildman–Crippen MR) is 210 cm³/mol. The van der Waals surface area contributed by atoms with Gasteiger partial charge in [-0.25, -0.2) is 13.6 Å². The Morgan fingerprint density at radius 1 is 0.717 bits per heavy atom. The highest BCUT2D eigenvalue weighted by Crippen LogP contribution is 2.34. The Balaban J connectivity index is 0.000000245. The first-order valence-electron chi connectivity index (χ1n) is 15.4. The van der Waals surface area contributed by atoms with Gasteiger partial charge < -0.3 is 31.1 Å². The van der Waals surface area contributed by atoms with Crippen LogP contribution in [0.3, 0.4) is 0 Å². The molecule has 284 valence electrons. The number of nitrogens with two attached hydrogens (primary N) is 1. The lowest BCUT2D eigenvalue weighted by atomic mass is 10.3. The van der Waals surface area contributed by atoms with Gasteiger partial charge in [-0.05, 0) is 55.8 Å². The number of nitrogen functional groups attached to an aromatic ring is 1. The molecular formula is C34H34Cl6F2N8O3. The molecule has 4 amide bonds. The van der Waals surface area contributed by atoms with Crippen LogP contribution >= 0.6 is 69.6 Å². The van der Waals surface area contributed by atoms with Crippen molar-refractivity contribution in [2.24, 2.45) is 0 Å². The maximum Gasteiger partial charge on any atom is 0.322 e. The molecule has 2 aliphatic rings. The Hall–Kier alpha value is -3.69. The molecule has 0 bridgehead atoms. The summed E-state index contributed by atoms with van der Waals surface area (Å²) in [6.07, 6.45) is 7.20. The molecule has 11 nitrogen and oxygen atoms in total. The van der Waals surface area contributed by atoms with E-state index in [9.17, 15) is 23.2 Å². The van der Waals surface area contributed by atoms with Gasteiger partial charge in [-0.1, -0.05) is 77.0 Å².